The van der Waals surface area contributed by atoms with Gasteiger partial charge in [-0.1, -0.05) is 95.6 Å². The van der Waals surface area contributed by atoms with Crippen LogP contribution < -0.4 is 14.8 Å². The number of carbonyl (C=O) groups excluding carboxylic acids is 2. The van der Waals surface area contributed by atoms with Crippen LogP contribution in [0.25, 0.3) is 22.5 Å². The molecule has 0 unspecified atom stereocenters. The average Bonchev–Trinajstić information content (AvgIpc) is 3.57. The van der Waals surface area contributed by atoms with Crippen molar-refractivity contribution in [3.8, 4) is 33.9 Å². The number of piperazine rings is 1. The molecule has 1 aliphatic rings. The molecule has 4 aromatic carbocycles. The molecule has 1 aliphatic heterocycles. The van der Waals surface area contributed by atoms with Gasteiger partial charge in [-0.25, -0.2) is 0 Å². The monoisotopic (exact) mass is 678 g/mol. The second-order valence-corrected chi connectivity index (χ2v) is 12.3. The minimum Gasteiger partial charge on any atom is -0.488 e. The zero-order valence-electron chi connectivity index (χ0n) is 27.7. The van der Waals surface area contributed by atoms with Gasteiger partial charge in [-0.05, 0) is 41.3 Å². The number of aromatic nitrogens is 1. The van der Waals surface area contributed by atoms with E-state index in [1.54, 1.807) is 19.1 Å². The van der Waals surface area contributed by atoms with E-state index in [2.05, 4.69) is 27.5 Å². The van der Waals surface area contributed by atoms with Gasteiger partial charge in [-0.2, -0.15) is 0 Å². The van der Waals surface area contributed by atoms with E-state index >= 15 is 0 Å². The Morgan fingerprint density at radius 1 is 0.816 bits per heavy atom. The molecule has 10 heteroatoms. The molecule has 0 radical (unpaired) electrons. The Morgan fingerprint density at radius 3 is 2.08 bits per heavy atom. The van der Waals surface area contributed by atoms with E-state index in [-0.39, 0.29) is 24.1 Å². The third-order valence-corrected chi connectivity index (χ3v) is 8.73. The van der Waals surface area contributed by atoms with Crippen LogP contribution in [0.3, 0.4) is 0 Å². The first-order chi connectivity index (χ1) is 23.9. The van der Waals surface area contributed by atoms with E-state index in [1.807, 2.05) is 84.6 Å². The minimum atomic E-state index is -0.348. The summed E-state index contributed by atoms with van der Waals surface area (Å²) in [5.74, 6) is 1.03. The van der Waals surface area contributed by atoms with Crippen molar-refractivity contribution in [2.75, 3.05) is 32.7 Å². The van der Waals surface area contributed by atoms with Gasteiger partial charge >= 0.3 is 0 Å². The minimum absolute atomic E-state index is 0.0996. The second-order valence-electron chi connectivity index (χ2n) is 11.9. The van der Waals surface area contributed by atoms with Crippen LogP contribution in [0.2, 0.25) is 5.02 Å². The number of hydrogen-bond donors (Lipinski definition) is 1. The van der Waals surface area contributed by atoms with Crippen LogP contribution in [0.5, 0.6) is 11.5 Å². The third-order valence-electron chi connectivity index (χ3n) is 8.44. The molecule has 1 aromatic heterocycles. The van der Waals surface area contributed by atoms with Crippen molar-refractivity contribution in [2.45, 2.75) is 33.6 Å². The van der Waals surface area contributed by atoms with Crippen molar-refractivity contribution < 1.29 is 23.6 Å². The number of nitrogens with zero attached hydrogens (tertiary/aromatic N) is 3. The molecule has 9 nitrogen and oxygen atoms in total. The average molecular weight is 679 g/mol. The number of amides is 2. The Labute approximate surface area is 291 Å². The lowest BCUT2D eigenvalue weighted by atomic mass is 9.96. The van der Waals surface area contributed by atoms with E-state index < -0.39 is 0 Å². The zero-order chi connectivity index (χ0) is 34.2. The first-order valence-corrected chi connectivity index (χ1v) is 16.8. The lowest BCUT2D eigenvalue weighted by molar-refractivity contribution is -0.130. The fourth-order valence-corrected chi connectivity index (χ4v) is 6.08. The molecule has 1 N–H and O–H groups in total. The molecule has 0 atom stereocenters. The Balaban J connectivity index is 1.38. The van der Waals surface area contributed by atoms with Gasteiger partial charge in [0, 0.05) is 52.3 Å². The molecule has 1 saturated heterocycles. The summed E-state index contributed by atoms with van der Waals surface area (Å²) in [6.07, 6.45) is 0. The van der Waals surface area contributed by atoms with E-state index in [9.17, 15) is 9.59 Å². The molecule has 49 heavy (non-hydrogen) atoms. The highest BCUT2D eigenvalue weighted by Crippen LogP contribution is 2.44. The maximum atomic E-state index is 13.4. The molecule has 252 valence electrons. The molecule has 5 aromatic rings. The lowest BCUT2D eigenvalue weighted by Gasteiger charge is -2.34. The highest BCUT2D eigenvalue weighted by molar-refractivity contribution is 6.32. The number of benzene rings is 4. The van der Waals surface area contributed by atoms with Gasteiger partial charge in [0.2, 0.25) is 5.91 Å². The van der Waals surface area contributed by atoms with Gasteiger partial charge in [0.25, 0.3) is 5.91 Å². The predicted molar refractivity (Wildman–Crippen MR) is 189 cm³/mol. The Kier molecular flexibility index (Phi) is 10.9. The number of hydrogen-bond acceptors (Lipinski definition) is 7. The van der Waals surface area contributed by atoms with Gasteiger partial charge in [0.1, 0.15) is 24.7 Å². The molecule has 0 spiro atoms. The fraction of sp³-hybridized carbons (Fsp3) is 0.256. The van der Waals surface area contributed by atoms with Crippen molar-refractivity contribution in [3.63, 3.8) is 0 Å². The van der Waals surface area contributed by atoms with E-state index in [0.29, 0.717) is 66.2 Å². The van der Waals surface area contributed by atoms with Crippen LogP contribution in [-0.2, 0) is 24.6 Å². The fourth-order valence-electron chi connectivity index (χ4n) is 5.86. The molecule has 2 amide bonds. The molecule has 1 fully saturated rings. The molecule has 0 saturated carbocycles. The summed E-state index contributed by atoms with van der Waals surface area (Å²) in [6, 6.07) is 31.2. The van der Waals surface area contributed by atoms with Gasteiger partial charge in [0.15, 0.2) is 11.5 Å². The maximum absolute atomic E-state index is 13.4. The highest BCUT2D eigenvalue weighted by atomic mass is 35.5. The van der Waals surface area contributed by atoms with Crippen LogP contribution in [0, 0.1) is 0 Å². The summed E-state index contributed by atoms with van der Waals surface area (Å²) in [6.45, 7) is 8.16. The number of halogens is 1. The van der Waals surface area contributed by atoms with Gasteiger partial charge in [-0.15, -0.1) is 0 Å². The van der Waals surface area contributed by atoms with Crippen molar-refractivity contribution >= 4 is 23.4 Å². The summed E-state index contributed by atoms with van der Waals surface area (Å²) >= 11 is 6.86. The summed E-state index contributed by atoms with van der Waals surface area (Å²) in [5.41, 5.74) is 5.05. The predicted octanol–water partition coefficient (Wildman–Crippen LogP) is 7.23. The van der Waals surface area contributed by atoms with Crippen molar-refractivity contribution in [1.82, 2.24) is 20.3 Å². The summed E-state index contributed by atoms with van der Waals surface area (Å²) in [5, 5.41) is 7.51. The van der Waals surface area contributed by atoms with Gasteiger partial charge in [-0.3, -0.25) is 14.5 Å². The lowest BCUT2D eigenvalue weighted by Crippen LogP contribution is -2.47. The Bertz CT molecular complexity index is 1890. The Hall–Kier alpha value is -5.12. The molecular formula is C39H39ClN4O5. The molecule has 0 bridgehead atoms. The van der Waals surface area contributed by atoms with Crippen LogP contribution >= 0.6 is 11.6 Å². The van der Waals surface area contributed by atoms with Gasteiger partial charge in [0.05, 0.1) is 16.1 Å². The summed E-state index contributed by atoms with van der Waals surface area (Å²) < 4.78 is 18.6. The molecule has 2 heterocycles. The highest BCUT2D eigenvalue weighted by Gasteiger charge is 2.28. The quantitative estimate of drug-likeness (QED) is 0.149. The first-order valence-electron chi connectivity index (χ1n) is 16.4. The topological polar surface area (TPSA) is 97.1 Å². The van der Waals surface area contributed by atoms with Gasteiger partial charge < -0.3 is 24.2 Å². The van der Waals surface area contributed by atoms with Crippen LogP contribution in [-0.4, -0.2) is 59.5 Å². The van der Waals surface area contributed by atoms with Crippen molar-refractivity contribution in [3.05, 3.63) is 124 Å². The number of rotatable bonds is 12. The summed E-state index contributed by atoms with van der Waals surface area (Å²) in [7, 11) is 0. The smallest absolute Gasteiger partial charge is 0.274 e. The third kappa shape index (κ3) is 8.31. The van der Waals surface area contributed by atoms with Crippen LogP contribution in [0.15, 0.2) is 102 Å². The molecule has 6 rings (SSSR count). The SMILES string of the molecule is CCNC(=O)c1noc(-c2cc(Cl)c(OCc3ccccc3)cc2OCc2ccccc2)c1-c1cccc(CN2CCN(C(C)=O)CC2)c1. The summed E-state index contributed by atoms with van der Waals surface area (Å²) in [4.78, 5) is 29.4. The van der Waals surface area contributed by atoms with E-state index in [4.69, 9.17) is 25.6 Å². The number of carbonyl (C=O) groups is 2. The van der Waals surface area contributed by atoms with Crippen LogP contribution in [0.4, 0.5) is 0 Å². The largest absolute Gasteiger partial charge is 0.488 e. The van der Waals surface area contributed by atoms with Crippen LogP contribution in [0.1, 0.15) is 41.0 Å². The molecular weight excluding hydrogens is 640 g/mol. The maximum Gasteiger partial charge on any atom is 0.274 e. The standard InChI is InChI=1S/C39H39ClN4O5/c1-3-41-39(46)37-36(31-16-10-15-30(21-31)24-43-17-19-44(20-18-43)27(2)45)38(49-42-37)32-22-33(40)35(48-26-29-13-8-5-9-14-29)23-34(32)47-25-28-11-6-4-7-12-28/h4-16,21-23H,3,17-20,24-26H2,1-2H3,(H,41,46). The van der Waals surface area contributed by atoms with E-state index in [1.165, 1.54) is 0 Å². The second kappa shape index (κ2) is 15.9. The number of nitrogens with one attached hydrogen (secondary N) is 1. The first kappa shape index (κ1) is 33.8. The van der Waals surface area contributed by atoms with Crippen molar-refractivity contribution in [2.24, 2.45) is 0 Å². The Morgan fingerprint density at radius 2 is 1.45 bits per heavy atom. The van der Waals surface area contributed by atoms with Crippen molar-refractivity contribution in [1.29, 1.82) is 0 Å². The van der Waals surface area contributed by atoms with E-state index in [0.717, 1.165) is 35.3 Å². The number of ether oxygens (including phenoxy) is 2. The normalized spacial score (nSPS) is 13.2. The molecule has 0 aliphatic carbocycles. The zero-order valence-corrected chi connectivity index (χ0v) is 28.4.